The van der Waals surface area contributed by atoms with E-state index in [4.69, 9.17) is 10.2 Å². The van der Waals surface area contributed by atoms with Gasteiger partial charge in [-0.3, -0.25) is 0 Å². The Labute approximate surface area is 105 Å². The fourth-order valence-electron chi connectivity index (χ4n) is 1.52. The molecule has 0 heterocycles. The third kappa shape index (κ3) is 3.43. The minimum absolute atomic E-state index is 0.0264. The van der Waals surface area contributed by atoms with Gasteiger partial charge in [0.15, 0.2) is 6.10 Å². The molecule has 0 aliphatic carbocycles. The number of aliphatic carboxylic acids is 1. The highest BCUT2D eigenvalue weighted by Crippen LogP contribution is 2.21. The van der Waals surface area contributed by atoms with Gasteiger partial charge in [-0.05, 0) is 17.7 Å². The lowest BCUT2D eigenvalue weighted by Gasteiger charge is -2.19. The molecule has 2 unspecified atom stereocenters. The van der Waals surface area contributed by atoms with E-state index < -0.39 is 18.2 Å². The van der Waals surface area contributed by atoms with Gasteiger partial charge < -0.3 is 25.3 Å². The molecule has 6 heteroatoms. The third-order valence-electron chi connectivity index (χ3n) is 2.66. The van der Waals surface area contributed by atoms with E-state index in [0.717, 1.165) is 5.69 Å². The number of carboxylic acids is 1. The normalized spacial score (nSPS) is 14.0. The smallest absolute Gasteiger partial charge is 0.335 e. The maximum Gasteiger partial charge on any atom is 0.335 e. The second kappa shape index (κ2) is 6.34. The zero-order chi connectivity index (χ0) is 13.7. The molecule has 4 N–H and O–H groups in total. The monoisotopic (exact) mass is 255 g/mol. The van der Waals surface area contributed by atoms with E-state index in [2.05, 4.69) is 0 Å². The lowest BCUT2D eigenvalue weighted by atomic mass is 10.0. The summed E-state index contributed by atoms with van der Waals surface area (Å²) in [6.07, 6.45) is -3.30. The number of anilines is 1. The van der Waals surface area contributed by atoms with Gasteiger partial charge in [0.05, 0.1) is 6.61 Å². The summed E-state index contributed by atoms with van der Waals surface area (Å²) in [5.41, 5.74) is 1.15. The molecular weight excluding hydrogens is 238 g/mol. The predicted molar refractivity (Wildman–Crippen MR) is 65.4 cm³/mol. The van der Waals surface area contributed by atoms with Gasteiger partial charge in [0.2, 0.25) is 0 Å². The van der Waals surface area contributed by atoms with Crippen molar-refractivity contribution in [3.8, 4) is 0 Å². The Hall–Kier alpha value is -1.63. The van der Waals surface area contributed by atoms with Crippen molar-refractivity contribution in [3.05, 3.63) is 29.8 Å². The Balaban J connectivity index is 2.79. The van der Waals surface area contributed by atoms with E-state index in [1.54, 1.807) is 31.3 Å². The second-order valence-electron chi connectivity index (χ2n) is 3.96. The Morgan fingerprint density at radius 3 is 2.28 bits per heavy atom. The molecule has 6 nitrogen and oxygen atoms in total. The molecule has 0 aliphatic rings. The van der Waals surface area contributed by atoms with Crippen molar-refractivity contribution < 1.29 is 25.2 Å². The van der Waals surface area contributed by atoms with Crippen LogP contribution in [-0.2, 0) is 4.79 Å². The maximum absolute atomic E-state index is 10.5. The van der Waals surface area contributed by atoms with E-state index in [-0.39, 0.29) is 6.61 Å². The van der Waals surface area contributed by atoms with E-state index in [9.17, 15) is 15.0 Å². The van der Waals surface area contributed by atoms with Crippen molar-refractivity contribution in [1.29, 1.82) is 0 Å². The zero-order valence-electron chi connectivity index (χ0n) is 10.0. The average molecular weight is 255 g/mol. The fraction of sp³-hybridized carbons (Fsp3) is 0.417. The summed E-state index contributed by atoms with van der Waals surface area (Å²) in [4.78, 5) is 12.3. The highest BCUT2D eigenvalue weighted by molar-refractivity contribution is 5.73. The van der Waals surface area contributed by atoms with Crippen molar-refractivity contribution >= 4 is 11.7 Å². The SMILES string of the molecule is CN(CCO)c1ccc(C(O)C(O)C(=O)O)cc1. The first-order valence-electron chi connectivity index (χ1n) is 5.48. The number of carboxylic acid groups (broad SMARTS) is 1. The first-order valence-corrected chi connectivity index (χ1v) is 5.48. The minimum Gasteiger partial charge on any atom is -0.479 e. The van der Waals surface area contributed by atoms with Crippen LogP contribution in [0.2, 0.25) is 0 Å². The number of nitrogens with zero attached hydrogens (tertiary/aromatic N) is 1. The molecule has 1 rings (SSSR count). The summed E-state index contributed by atoms with van der Waals surface area (Å²) in [6, 6.07) is 6.45. The molecule has 0 saturated carbocycles. The van der Waals surface area contributed by atoms with Crippen LogP contribution in [0.25, 0.3) is 0 Å². The number of hydrogen-bond acceptors (Lipinski definition) is 5. The molecule has 0 aromatic heterocycles. The predicted octanol–water partition coefficient (Wildman–Crippen LogP) is -0.406. The van der Waals surface area contributed by atoms with Crippen LogP contribution in [0.1, 0.15) is 11.7 Å². The first-order chi connectivity index (χ1) is 8.47. The molecule has 0 amide bonds. The molecule has 1 aromatic rings. The Morgan fingerprint density at radius 1 is 1.28 bits per heavy atom. The molecule has 0 bridgehead atoms. The molecule has 100 valence electrons. The van der Waals surface area contributed by atoms with Gasteiger partial charge in [-0.15, -0.1) is 0 Å². The van der Waals surface area contributed by atoms with Gasteiger partial charge >= 0.3 is 5.97 Å². The summed E-state index contributed by atoms with van der Waals surface area (Å²) in [7, 11) is 1.80. The van der Waals surface area contributed by atoms with Gasteiger partial charge in [-0.2, -0.15) is 0 Å². The molecule has 2 atom stereocenters. The van der Waals surface area contributed by atoms with Crippen molar-refractivity contribution in [3.63, 3.8) is 0 Å². The lowest BCUT2D eigenvalue weighted by molar-refractivity contribution is -0.153. The van der Waals surface area contributed by atoms with Gasteiger partial charge in [-0.1, -0.05) is 12.1 Å². The molecule has 1 aromatic carbocycles. The highest BCUT2D eigenvalue weighted by Gasteiger charge is 2.24. The van der Waals surface area contributed by atoms with Gasteiger partial charge in [0.25, 0.3) is 0 Å². The Kier molecular flexibility index (Phi) is 5.08. The van der Waals surface area contributed by atoms with Gasteiger partial charge in [0, 0.05) is 19.3 Å². The van der Waals surface area contributed by atoms with Crippen LogP contribution in [0, 0.1) is 0 Å². The quantitative estimate of drug-likeness (QED) is 0.551. The summed E-state index contributed by atoms with van der Waals surface area (Å²) in [5, 5.41) is 36.2. The number of aliphatic hydroxyl groups is 3. The van der Waals surface area contributed by atoms with E-state index in [1.807, 2.05) is 4.90 Å². The average Bonchev–Trinajstić information content (AvgIpc) is 2.37. The Morgan fingerprint density at radius 2 is 1.83 bits per heavy atom. The summed E-state index contributed by atoms with van der Waals surface area (Å²) < 4.78 is 0. The van der Waals surface area contributed by atoms with Crippen LogP contribution >= 0.6 is 0 Å². The van der Waals surface area contributed by atoms with E-state index in [1.165, 1.54) is 0 Å². The number of likely N-dealkylation sites (N-methyl/N-ethyl adjacent to an activating group) is 1. The third-order valence-corrected chi connectivity index (χ3v) is 2.66. The largest absolute Gasteiger partial charge is 0.479 e. The summed E-state index contributed by atoms with van der Waals surface area (Å²) in [5.74, 6) is -1.47. The second-order valence-corrected chi connectivity index (χ2v) is 3.96. The van der Waals surface area contributed by atoms with Crippen molar-refractivity contribution in [2.24, 2.45) is 0 Å². The topological polar surface area (TPSA) is 101 Å². The van der Waals surface area contributed by atoms with Gasteiger partial charge in [0.1, 0.15) is 6.10 Å². The fourth-order valence-corrected chi connectivity index (χ4v) is 1.52. The van der Waals surface area contributed by atoms with Crippen LogP contribution in [-0.4, -0.2) is 52.7 Å². The molecule has 0 fully saturated rings. The van der Waals surface area contributed by atoms with Crippen molar-refractivity contribution in [2.45, 2.75) is 12.2 Å². The van der Waals surface area contributed by atoms with Crippen LogP contribution in [0.5, 0.6) is 0 Å². The molecule has 0 spiro atoms. The number of rotatable bonds is 6. The number of hydrogen-bond donors (Lipinski definition) is 4. The number of aliphatic hydroxyl groups excluding tert-OH is 3. The van der Waals surface area contributed by atoms with E-state index >= 15 is 0 Å². The number of benzene rings is 1. The van der Waals surface area contributed by atoms with Gasteiger partial charge in [-0.25, -0.2) is 4.79 Å². The van der Waals surface area contributed by atoms with Crippen molar-refractivity contribution in [1.82, 2.24) is 0 Å². The summed E-state index contributed by atoms with van der Waals surface area (Å²) in [6.45, 7) is 0.498. The molecular formula is C12H17NO5. The molecule has 0 radical (unpaired) electrons. The first kappa shape index (κ1) is 14.4. The molecule has 18 heavy (non-hydrogen) atoms. The Bertz CT molecular complexity index is 392. The molecule has 0 saturated heterocycles. The van der Waals surface area contributed by atoms with E-state index in [0.29, 0.717) is 12.1 Å². The zero-order valence-corrected chi connectivity index (χ0v) is 10.0. The molecule has 0 aliphatic heterocycles. The van der Waals surface area contributed by atoms with Crippen LogP contribution in [0.15, 0.2) is 24.3 Å². The van der Waals surface area contributed by atoms with Crippen LogP contribution < -0.4 is 4.90 Å². The highest BCUT2D eigenvalue weighted by atomic mass is 16.4. The lowest BCUT2D eigenvalue weighted by Crippen LogP contribution is -2.27. The maximum atomic E-state index is 10.5. The minimum atomic E-state index is -1.84. The summed E-state index contributed by atoms with van der Waals surface area (Å²) >= 11 is 0. The van der Waals surface area contributed by atoms with Crippen LogP contribution in [0.3, 0.4) is 0 Å². The standard InChI is InChI=1S/C12H17NO5/c1-13(6-7-14)9-4-2-8(3-5-9)10(15)11(16)12(17)18/h2-5,10-11,14-16H,6-7H2,1H3,(H,17,18). The van der Waals surface area contributed by atoms with Crippen molar-refractivity contribution in [2.75, 3.05) is 25.1 Å². The van der Waals surface area contributed by atoms with Crippen LogP contribution in [0.4, 0.5) is 5.69 Å². The number of carbonyl (C=O) groups is 1.